The number of nitrogens with zero attached hydrogens (tertiary/aromatic N) is 1. The molecule has 166 valence electrons. The van der Waals surface area contributed by atoms with Gasteiger partial charge in [0.05, 0.1) is 16.3 Å². The molecule has 0 aromatic heterocycles. The van der Waals surface area contributed by atoms with E-state index in [-0.39, 0.29) is 21.8 Å². The summed E-state index contributed by atoms with van der Waals surface area (Å²) >= 11 is 0. The van der Waals surface area contributed by atoms with Crippen LogP contribution in [-0.2, 0) is 10.0 Å². The van der Waals surface area contributed by atoms with Crippen LogP contribution in [0.3, 0.4) is 0 Å². The first-order chi connectivity index (χ1) is 15.3. The van der Waals surface area contributed by atoms with Gasteiger partial charge >= 0.3 is 0 Å². The van der Waals surface area contributed by atoms with Gasteiger partial charge < -0.3 is 10.2 Å². The van der Waals surface area contributed by atoms with Gasteiger partial charge in [0, 0.05) is 18.7 Å². The first kappa shape index (κ1) is 21.8. The fourth-order valence-electron chi connectivity index (χ4n) is 3.60. The molecule has 6 nitrogen and oxygen atoms in total. The zero-order valence-electron chi connectivity index (χ0n) is 17.0. The number of nitrogens with one attached hydrogen (secondary N) is 2. The molecule has 0 atom stereocenters. The van der Waals surface area contributed by atoms with Crippen LogP contribution in [0, 0.1) is 11.6 Å². The quantitative estimate of drug-likeness (QED) is 0.566. The Kier molecular flexibility index (Phi) is 6.09. The van der Waals surface area contributed by atoms with Gasteiger partial charge in [0.15, 0.2) is 0 Å². The lowest BCUT2D eigenvalue weighted by atomic mass is 10.2. The zero-order valence-corrected chi connectivity index (χ0v) is 17.8. The molecule has 1 aliphatic heterocycles. The number of hydrogen-bond acceptors (Lipinski definition) is 4. The maximum atomic E-state index is 14.5. The number of sulfonamides is 1. The molecule has 1 aliphatic rings. The van der Waals surface area contributed by atoms with E-state index in [9.17, 15) is 22.0 Å². The number of hydrogen-bond donors (Lipinski definition) is 2. The van der Waals surface area contributed by atoms with E-state index in [1.54, 1.807) is 12.1 Å². The molecule has 0 unspecified atom stereocenters. The molecule has 1 heterocycles. The first-order valence-corrected chi connectivity index (χ1v) is 11.6. The molecule has 4 rings (SSSR count). The normalized spacial score (nSPS) is 13.8. The van der Waals surface area contributed by atoms with Gasteiger partial charge in [0.25, 0.3) is 15.9 Å². The van der Waals surface area contributed by atoms with E-state index in [0.29, 0.717) is 5.69 Å². The summed E-state index contributed by atoms with van der Waals surface area (Å²) in [6.07, 6.45) is 1.97. The van der Waals surface area contributed by atoms with Crippen molar-refractivity contribution in [1.29, 1.82) is 0 Å². The summed E-state index contributed by atoms with van der Waals surface area (Å²) in [5.74, 6) is -1.95. The van der Waals surface area contributed by atoms with Crippen LogP contribution in [0.2, 0.25) is 0 Å². The molecule has 3 aromatic carbocycles. The van der Waals surface area contributed by atoms with Crippen molar-refractivity contribution in [3.63, 3.8) is 0 Å². The molecule has 32 heavy (non-hydrogen) atoms. The summed E-state index contributed by atoms with van der Waals surface area (Å²) in [7, 11) is -4.15. The van der Waals surface area contributed by atoms with E-state index < -0.39 is 27.6 Å². The van der Waals surface area contributed by atoms with Crippen LogP contribution in [0.5, 0.6) is 0 Å². The van der Waals surface area contributed by atoms with Crippen LogP contribution in [0.1, 0.15) is 23.2 Å². The summed E-state index contributed by atoms with van der Waals surface area (Å²) < 4.78 is 56.0. The molecular weight excluding hydrogens is 436 g/mol. The highest BCUT2D eigenvalue weighted by atomic mass is 32.2. The fourth-order valence-corrected chi connectivity index (χ4v) is 4.71. The molecule has 9 heteroatoms. The lowest BCUT2D eigenvalue weighted by molar-refractivity contribution is 0.102. The number of anilines is 3. The smallest absolute Gasteiger partial charge is 0.262 e. The van der Waals surface area contributed by atoms with Gasteiger partial charge in [-0.15, -0.1) is 0 Å². The van der Waals surface area contributed by atoms with Gasteiger partial charge in [-0.1, -0.05) is 24.3 Å². The molecule has 1 amide bonds. The van der Waals surface area contributed by atoms with Gasteiger partial charge in [-0.3, -0.25) is 9.52 Å². The Morgan fingerprint density at radius 3 is 2.31 bits per heavy atom. The van der Waals surface area contributed by atoms with Crippen LogP contribution in [0.4, 0.5) is 25.8 Å². The average Bonchev–Trinajstić information content (AvgIpc) is 3.31. The lowest BCUT2D eigenvalue weighted by Crippen LogP contribution is -2.22. The third-order valence-electron chi connectivity index (χ3n) is 5.20. The first-order valence-electron chi connectivity index (χ1n) is 10.1. The van der Waals surface area contributed by atoms with Gasteiger partial charge in [0.2, 0.25) is 0 Å². The largest absolute Gasteiger partial charge is 0.370 e. The topological polar surface area (TPSA) is 78.5 Å². The number of carbonyl (C=O) groups excluding carboxylic acids is 1. The van der Waals surface area contributed by atoms with Gasteiger partial charge in [-0.2, -0.15) is 0 Å². The summed E-state index contributed by atoms with van der Waals surface area (Å²) in [6.45, 7) is 1.53. The van der Waals surface area contributed by atoms with Crippen LogP contribution >= 0.6 is 0 Å². The summed E-state index contributed by atoms with van der Waals surface area (Å²) in [6, 6.07) is 15.2. The van der Waals surface area contributed by atoms with E-state index in [2.05, 4.69) is 10.0 Å². The van der Waals surface area contributed by atoms with Crippen LogP contribution in [0.15, 0.2) is 71.6 Å². The molecule has 0 aliphatic carbocycles. The molecular formula is C23H21F2N3O3S. The Morgan fingerprint density at radius 2 is 1.56 bits per heavy atom. The van der Waals surface area contributed by atoms with Crippen molar-refractivity contribution < 1.29 is 22.0 Å². The molecule has 2 N–H and O–H groups in total. The third-order valence-corrected chi connectivity index (χ3v) is 6.56. The second-order valence-electron chi connectivity index (χ2n) is 7.40. The van der Waals surface area contributed by atoms with Crippen molar-refractivity contribution in [3.05, 3.63) is 83.9 Å². The third kappa shape index (κ3) is 4.57. The predicted molar refractivity (Wildman–Crippen MR) is 119 cm³/mol. The number of carbonyl (C=O) groups is 1. The summed E-state index contributed by atoms with van der Waals surface area (Å²) in [5, 5.41) is 2.58. The molecule has 0 bridgehead atoms. The average molecular weight is 458 g/mol. The summed E-state index contributed by atoms with van der Waals surface area (Å²) in [5.41, 5.74) is 0.457. The number of benzene rings is 3. The minimum atomic E-state index is -4.15. The minimum absolute atomic E-state index is 0.0250. The number of rotatable bonds is 6. The molecule has 0 radical (unpaired) electrons. The van der Waals surface area contributed by atoms with Gasteiger partial charge in [-0.25, -0.2) is 17.2 Å². The Hall–Kier alpha value is -3.46. The number of para-hydroxylation sites is 2. The highest BCUT2D eigenvalue weighted by molar-refractivity contribution is 7.92. The van der Waals surface area contributed by atoms with E-state index in [1.807, 2.05) is 4.90 Å². The van der Waals surface area contributed by atoms with E-state index >= 15 is 0 Å². The second kappa shape index (κ2) is 8.96. The minimum Gasteiger partial charge on any atom is -0.370 e. The Bertz CT molecular complexity index is 1260. The molecule has 1 saturated heterocycles. The van der Waals surface area contributed by atoms with E-state index in [4.69, 9.17) is 0 Å². The SMILES string of the molecule is O=C(Nc1c(F)cccc1N1CCCC1)c1cccc(S(=O)(=O)Nc2ccccc2F)c1. The Labute approximate surface area is 184 Å². The molecule has 3 aromatic rings. The highest BCUT2D eigenvalue weighted by Gasteiger charge is 2.22. The van der Waals surface area contributed by atoms with Crippen molar-refractivity contribution in [2.45, 2.75) is 17.7 Å². The lowest BCUT2D eigenvalue weighted by Gasteiger charge is -2.22. The second-order valence-corrected chi connectivity index (χ2v) is 9.08. The highest BCUT2D eigenvalue weighted by Crippen LogP contribution is 2.31. The maximum Gasteiger partial charge on any atom is 0.262 e. The van der Waals surface area contributed by atoms with Gasteiger partial charge in [0.1, 0.15) is 17.3 Å². The zero-order chi connectivity index (χ0) is 22.7. The standard InChI is InChI=1S/C23H21F2N3O3S/c24-18-9-1-2-11-20(18)27-32(30,31)17-8-5-7-16(15-17)23(29)26-22-19(25)10-6-12-21(22)28-13-3-4-14-28/h1-2,5-12,15,27H,3-4,13-14H2,(H,26,29). The maximum absolute atomic E-state index is 14.5. The van der Waals surface area contributed by atoms with Crippen molar-refractivity contribution in [2.75, 3.05) is 28.0 Å². The van der Waals surface area contributed by atoms with Crippen LogP contribution in [-0.4, -0.2) is 27.4 Å². The Morgan fingerprint density at radius 1 is 0.875 bits per heavy atom. The Balaban J connectivity index is 1.59. The van der Waals surface area contributed by atoms with Crippen LogP contribution < -0.4 is 14.9 Å². The fraction of sp³-hybridized carbons (Fsp3) is 0.174. The molecule has 0 saturated carbocycles. The predicted octanol–water partition coefficient (Wildman–Crippen LogP) is 4.62. The van der Waals surface area contributed by atoms with Gasteiger partial charge in [-0.05, 0) is 55.3 Å². The van der Waals surface area contributed by atoms with Crippen LogP contribution in [0.25, 0.3) is 0 Å². The van der Waals surface area contributed by atoms with E-state index in [0.717, 1.165) is 38.1 Å². The molecule has 1 fully saturated rings. The van der Waals surface area contributed by atoms with Crippen molar-refractivity contribution in [1.82, 2.24) is 0 Å². The van der Waals surface area contributed by atoms with Crippen molar-refractivity contribution in [2.24, 2.45) is 0 Å². The number of halogens is 2. The van der Waals surface area contributed by atoms with Crippen molar-refractivity contribution >= 4 is 33.0 Å². The molecule has 0 spiro atoms. The monoisotopic (exact) mass is 457 g/mol. The van der Waals surface area contributed by atoms with E-state index in [1.165, 1.54) is 42.5 Å². The number of amides is 1. The summed E-state index contributed by atoms with van der Waals surface area (Å²) in [4.78, 5) is 14.6. The van der Waals surface area contributed by atoms with Crippen molar-refractivity contribution in [3.8, 4) is 0 Å².